The number of carbonyl (C=O) groups is 1. The molecule has 3 heterocycles. The number of rotatable bonds is 6. The van der Waals surface area contributed by atoms with E-state index in [4.69, 9.17) is 11.6 Å². The van der Waals surface area contributed by atoms with Gasteiger partial charge in [-0.05, 0) is 54.9 Å². The number of Topliss-reactive ketones (excluding diaryl/α,β-unsaturated/α-hetero) is 1. The first kappa shape index (κ1) is 27.5. The molecule has 1 N–H and O–H groups in total. The van der Waals surface area contributed by atoms with Crippen molar-refractivity contribution >= 4 is 38.7 Å². The molecule has 0 bridgehead atoms. The number of sulfone groups is 1. The minimum atomic E-state index is -4.31. The Bertz CT molecular complexity index is 1330. The van der Waals surface area contributed by atoms with Crippen LogP contribution in [0.5, 0.6) is 0 Å². The van der Waals surface area contributed by atoms with Gasteiger partial charge in [0.05, 0.1) is 40.2 Å². The van der Waals surface area contributed by atoms with Gasteiger partial charge in [0, 0.05) is 12.1 Å². The second-order valence-corrected chi connectivity index (χ2v) is 12.2. The number of aliphatic imine (C=N–C) groups is 1. The van der Waals surface area contributed by atoms with Crippen LogP contribution in [0, 0.1) is 23.7 Å². The average molecular weight is 557 g/mol. The monoisotopic (exact) mass is 556 g/mol. The summed E-state index contributed by atoms with van der Waals surface area (Å²) in [6.07, 6.45) is -2.30. The van der Waals surface area contributed by atoms with Crippen LogP contribution in [0.15, 0.2) is 34.3 Å². The first-order valence-corrected chi connectivity index (χ1v) is 14.2. The van der Waals surface area contributed by atoms with Crippen molar-refractivity contribution in [3.05, 3.63) is 46.5 Å². The molecule has 0 amide bonds. The van der Waals surface area contributed by atoms with E-state index in [2.05, 4.69) is 20.3 Å². The van der Waals surface area contributed by atoms with Gasteiger partial charge >= 0.3 is 6.18 Å². The first-order chi connectivity index (χ1) is 17.4. The number of pyridine rings is 2. The fourth-order valence-corrected chi connectivity index (χ4v) is 5.91. The van der Waals surface area contributed by atoms with Crippen molar-refractivity contribution in [3.8, 4) is 0 Å². The molecule has 4 rings (SSSR count). The highest BCUT2D eigenvalue weighted by molar-refractivity contribution is 7.91. The van der Waals surface area contributed by atoms with Gasteiger partial charge in [-0.2, -0.15) is 13.2 Å². The normalized spacial score (nSPS) is 25.3. The van der Waals surface area contributed by atoms with Crippen molar-refractivity contribution in [2.75, 3.05) is 11.1 Å². The molecule has 1 saturated carbocycles. The summed E-state index contributed by atoms with van der Waals surface area (Å²) in [4.78, 5) is 26.6. The molecule has 1 aliphatic carbocycles. The minimum Gasteiger partial charge on any atom is -0.336 e. The van der Waals surface area contributed by atoms with Crippen molar-refractivity contribution in [1.29, 1.82) is 0 Å². The van der Waals surface area contributed by atoms with Crippen LogP contribution in [0.4, 0.5) is 18.9 Å². The lowest BCUT2D eigenvalue weighted by Crippen LogP contribution is -2.37. The van der Waals surface area contributed by atoms with E-state index in [9.17, 15) is 26.4 Å². The Morgan fingerprint density at radius 1 is 1.22 bits per heavy atom. The Hall–Kier alpha value is -2.53. The molecule has 37 heavy (non-hydrogen) atoms. The van der Waals surface area contributed by atoms with Gasteiger partial charge < -0.3 is 5.32 Å². The number of halogens is 4. The first-order valence-electron chi connectivity index (χ1n) is 12.1. The van der Waals surface area contributed by atoms with Crippen molar-refractivity contribution < 1.29 is 26.4 Å². The van der Waals surface area contributed by atoms with E-state index < -0.39 is 39.7 Å². The third-order valence-electron chi connectivity index (χ3n) is 7.23. The molecule has 2 aromatic rings. The lowest BCUT2D eigenvalue weighted by molar-refractivity contribution is -0.153. The van der Waals surface area contributed by atoms with Gasteiger partial charge in [-0.25, -0.2) is 13.4 Å². The molecule has 1 fully saturated rings. The standard InChI is InChI=1S/C25H28ClF3N4O3S/c1-4-14-8-20-21(32-23(14)26)10-17(18-9-19(18)25(27,28)29)13(3)22(34)24(33-20)31-11-15-6-7-16(12-30-15)37(35,36)5-2/h6-8,12-13,17-19H,4-5,9-11H2,1-3H3,(H,31,33). The number of anilines is 1. The third-order valence-corrected chi connectivity index (χ3v) is 9.27. The number of fused-ring (bicyclic) bond motifs is 1. The second-order valence-electron chi connectivity index (χ2n) is 9.53. The number of aryl methyl sites for hydroxylation is 1. The Labute approximate surface area is 218 Å². The zero-order valence-corrected chi connectivity index (χ0v) is 22.2. The van der Waals surface area contributed by atoms with Crippen LogP contribution in [0.2, 0.25) is 5.15 Å². The molecule has 4 unspecified atom stereocenters. The number of carbonyl (C=O) groups excluding carboxylic acids is 1. The van der Waals surface area contributed by atoms with Gasteiger partial charge in [0.25, 0.3) is 0 Å². The molecule has 7 nitrogen and oxygen atoms in total. The Balaban J connectivity index is 1.68. The zero-order chi connectivity index (χ0) is 27.1. The number of hydrogen-bond acceptors (Lipinski definition) is 6. The van der Waals surface area contributed by atoms with Crippen LogP contribution in [0.1, 0.15) is 44.1 Å². The highest BCUT2D eigenvalue weighted by Gasteiger charge is 2.59. The second kappa shape index (κ2) is 10.3. The molecule has 12 heteroatoms. The van der Waals surface area contributed by atoms with Crippen LogP contribution in [0.3, 0.4) is 0 Å². The smallest absolute Gasteiger partial charge is 0.336 e. The molecule has 4 atom stereocenters. The third kappa shape index (κ3) is 5.82. The topological polar surface area (TPSA) is 101 Å². The van der Waals surface area contributed by atoms with Crippen molar-refractivity contribution in [2.45, 2.75) is 57.7 Å². The van der Waals surface area contributed by atoms with Crippen LogP contribution in [-0.4, -0.2) is 41.9 Å². The van der Waals surface area contributed by atoms with Gasteiger partial charge in [0.2, 0.25) is 5.78 Å². The van der Waals surface area contributed by atoms with E-state index in [-0.39, 0.29) is 46.8 Å². The van der Waals surface area contributed by atoms with Crippen molar-refractivity contribution in [2.24, 2.45) is 28.7 Å². The van der Waals surface area contributed by atoms with Crippen molar-refractivity contribution in [1.82, 2.24) is 9.97 Å². The summed E-state index contributed by atoms with van der Waals surface area (Å²) in [6, 6.07) is 4.72. The lowest BCUT2D eigenvalue weighted by Gasteiger charge is -2.29. The largest absolute Gasteiger partial charge is 0.392 e. The lowest BCUT2D eigenvalue weighted by atomic mass is 9.80. The highest BCUT2D eigenvalue weighted by atomic mass is 35.5. The maximum atomic E-state index is 13.5. The molecular weight excluding hydrogens is 529 g/mol. The molecule has 1 aliphatic heterocycles. The number of nitrogens with zero attached hydrogens (tertiary/aromatic N) is 3. The fraction of sp³-hybridized carbons (Fsp3) is 0.520. The maximum absolute atomic E-state index is 13.5. The summed E-state index contributed by atoms with van der Waals surface area (Å²) in [5.74, 6) is -3.85. The van der Waals surface area contributed by atoms with E-state index in [0.717, 1.165) is 5.56 Å². The van der Waals surface area contributed by atoms with Gasteiger partial charge in [-0.3, -0.25) is 14.8 Å². The summed E-state index contributed by atoms with van der Waals surface area (Å²) in [5, 5.41) is 3.34. The van der Waals surface area contributed by atoms with E-state index >= 15 is 0 Å². The van der Waals surface area contributed by atoms with E-state index in [0.29, 0.717) is 23.5 Å². The van der Waals surface area contributed by atoms with Crippen LogP contribution in [0.25, 0.3) is 0 Å². The van der Waals surface area contributed by atoms with Gasteiger partial charge in [-0.1, -0.05) is 32.4 Å². The van der Waals surface area contributed by atoms with E-state index in [1.54, 1.807) is 13.0 Å². The molecular formula is C25H28ClF3N4O3S. The van der Waals surface area contributed by atoms with E-state index in [1.165, 1.54) is 25.3 Å². The Morgan fingerprint density at radius 3 is 2.51 bits per heavy atom. The van der Waals surface area contributed by atoms with Gasteiger partial charge in [0.15, 0.2) is 15.7 Å². The van der Waals surface area contributed by atoms with Gasteiger partial charge in [-0.15, -0.1) is 0 Å². The summed E-state index contributed by atoms with van der Waals surface area (Å²) in [7, 11) is -3.41. The number of nitrogens with one attached hydrogen (secondary N) is 1. The summed E-state index contributed by atoms with van der Waals surface area (Å²) in [5.41, 5.74) is 2.16. The van der Waals surface area contributed by atoms with Crippen molar-refractivity contribution in [3.63, 3.8) is 0 Å². The number of alkyl halides is 3. The number of aromatic nitrogens is 2. The molecule has 0 aromatic carbocycles. The minimum absolute atomic E-state index is 0.000824. The summed E-state index contributed by atoms with van der Waals surface area (Å²) >= 11 is 6.33. The quantitative estimate of drug-likeness (QED) is 0.498. The SMILES string of the molecule is CCc1cc2c(nc1Cl)CC(C1CC1C(F)(F)F)C(C)C(=O)C(=NCc1ccc(S(=O)(=O)CC)cn1)N2. The zero-order valence-electron chi connectivity index (χ0n) is 20.6. The predicted octanol–water partition coefficient (Wildman–Crippen LogP) is 5.07. The predicted molar refractivity (Wildman–Crippen MR) is 134 cm³/mol. The summed E-state index contributed by atoms with van der Waals surface area (Å²) < 4.78 is 64.3. The van der Waals surface area contributed by atoms with Crippen LogP contribution >= 0.6 is 11.6 Å². The number of hydrogen-bond donors (Lipinski definition) is 1. The molecule has 2 aromatic heterocycles. The van der Waals surface area contributed by atoms with Crippen LogP contribution in [-0.2, 0) is 34.0 Å². The summed E-state index contributed by atoms with van der Waals surface area (Å²) in [6.45, 7) is 5.04. The Kier molecular flexibility index (Phi) is 7.67. The fourth-order valence-electron chi connectivity index (χ4n) is 4.80. The molecule has 0 radical (unpaired) electrons. The number of ketones is 1. The Morgan fingerprint density at radius 2 is 1.95 bits per heavy atom. The maximum Gasteiger partial charge on any atom is 0.392 e. The van der Waals surface area contributed by atoms with Gasteiger partial charge in [0.1, 0.15) is 5.15 Å². The molecule has 2 aliphatic rings. The molecule has 200 valence electrons. The van der Waals surface area contributed by atoms with E-state index in [1.807, 2.05) is 6.92 Å². The number of amidine groups is 1. The molecule has 0 spiro atoms. The molecule has 0 saturated heterocycles. The average Bonchev–Trinajstić information content (AvgIpc) is 3.66. The highest BCUT2D eigenvalue weighted by Crippen LogP contribution is 2.56. The van der Waals surface area contributed by atoms with Crippen LogP contribution < -0.4 is 5.32 Å².